The summed E-state index contributed by atoms with van der Waals surface area (Å²) in [5, 5.41) is 1.69. The summed E-state index contributed by atoms with van der Waals surface area (Å²) >= 11 is 0. The van der Waals surface area contributed by atoms with Crippen molar-refractivity contribution in [3.63, 3.8) is 0 Å². The number of fused-ring (bicyclic) bond motifs is 3. The molecule has 1 atom stereocenters. The molecule has 0 aliphatic carbocycles. The lowest BCUT2D eigenvalue weighted by Gasteiger charge is -2.33. The molecule has 4 nitrogen and oxygen atoms in total. The van der Waals surface area contributed by atoms with Crippen LogP contribution < -0.4 is 0 Å². The molecule has 0 aromatic heterocycles. The van der Waals surface area contributed by atoms with E-state index in [9.17, 15) is 9.59 Å². The molecule has 0 bridgehead atoms. The molecule has 0 N–H and O–H groups in total. The normalized spacial score (nSPS) is 21.2. The quantitative estimate of drug-likeness (QED) is 0.597. The minimum atomic E-state index is -1.49. The number of hydrogen-bond acceptors (Lipinski definition) is 4. The summed E-state index contributed by atoms with van der Waals surface area (Å²) in [5.74, 6) is -2.46. The van der Waals surface area contributed by atoms with E-state index < -0.39 is 17.7 Å². The van der Waals surface area contributed by atoms with Crippen LogP contribution in [0.1, 0.15) is 31.8 Å². The molecule has 0 unspecified atom stereocenters. The van der Waals surface area contributed by atoms with E-state index in [1.165, 1.54) is 0 Å². The van der Waals surface area contributed by atoms with Gasteiger partial charge in [0.1, 0.15) is 0 Å². The molecule has 0 fully saturated rings. The zero-order valence-electron chi connectivity index (χ0n) is 11.9. The predicted molar refractivity (Wildman–Crippen MR) is 82.0 cm³/mol. The van der Waals surface area contributed by atoms with Gasteiger partial charge in [0, 0.05) is 5.39 Å². The van der Waals surface area contributed by atoms with Gasteiger partial charge in [-0.1, -0.05) is 42.5 Å². The van der Waals surface area contributed by atoms with E-state index in [1.807, 2.05) is 30.3 Å². The van der Waals surface area contributed by atoms with Crippen molar-refractivity contribution in [3.8, 4) is 0 Å². The van der Waals surface area contributed by atoms with Crippen LogP contribution in [0.25, 0.3) is 10.8 Å². The Morgan fingerprint density at radius 2 is 1.26 bits per heavy atom. The van der Waals surface area contributed by atoms with Crippen LogP contribution >= 0.6 is 0 Å². The summed E-state index contributed by atoms with van der Waals surface area (Å²) in [6.07, 6.45) is 0. The van der Waals surface area contributed by atoms with E-state index in [4.69, 9.17) is 9.47 Å². The van der Waals surface area contributed by atoms with E-state index in [0.717, 1.165) is 10.8 Å². The Morgan fingerprint density at radius 1 is 0.652 bits per heavy atom. The van der Waals surface area contributed by atoms with Gasteiger partial charge in [-0.3, -0.25) is 0 Å². The first-order valence-electron chi connectivity index (χ1n) is 7.29. The SMILES string of the molecule is O=C1O[C@@]2(OC(=O)c3cccc4cccc2c34)c2ccccc21. The first-order chi connectivity index (χ1) is 11.2. The lowest BCUT2D eigenvalue weighted by Crippen LogP contribution is -2.37. The molecule has 5 rings (SSSR count). The number of rotatable bonds is 0. The largest absolute Gasteiger partial charge is 0.410 e. The molecule has 0 saturated heterocycles. The van der Waals surface area contributed by atoms with Crippen molar-refractivity contribution in [2.24, 2.45) is 0 Å². The maximum Gasteiger partial charge on any atom is 0.342 e. The van der Waals surface area contributed by atoms with E-state index in [-0.39, 0.29) is 0 Å². The van der Waals surface area contributed by atoms with Crippen molar-refractivity contribution < 1.29 is 19.1 Å². The average Bonchev–Trinajstić information content (AvgIpc) is 2.86. The maximum absolute atomic E-state index is 12.5. The van der Waals surface area contributed by atoms with Crippen molar-refractivity contribution in [1.29, 1.82) is 0 Å². The second kappa shape index (κ2) is 3.98. The number of hydrogen-bond donors (Lipinski definition) is 0. The Balaban J connectivity index is 1.94. The van der Waals surface area contributed by atoms with Gasteiger partial charge in [0.15, 0.2) is 0 Å². The highest BCUT2D eigenvalue weighted by Crippen LogP contribution is 2.48. The van der Waals surface area contributed by atoms with Crippen molar-refractivity contribution in [3.05, 3.63) is 82.9 Å². The van der Waals surface area contributed by atoms with E-state index in [1.54, 1.807) is 30.3 Å². The predicted octanol–water partition coefficient (Wildman–Crippen LogP) is 3.38. The molecule has 2 aliphatic heterocycles. The van der Waals surface area contributed by atoms with E-state index in [2.05, 4.69) is 0 Å². The summed E-state index contributed by atoms with van der Waals surface area (Å²) in [6.45, 7) is 0. The third-order valence-electron chi connectivity index (χ3n) is 4.45. The lowest BCUT2D eigenvalue weighted by atomic mass is 9.87. The number of carbonyl (C=O) groups excluding carboxylic acids is 2. The molecule has 110 valence electrons. The summed E-state index contributed by atoms with van der Waals surface area (Å²) in [4.78, 5) is 24.8. The second-order valence-corrected chi connectivity index (χ2v) is 5.65. The van der Waals surface area contributed by atoms with E-state index in [0.29, 0.717) is 22.3 Å². The topological polar surface area (TPSA) is 52.6 Å². The summed E-state index contributed by atoms with van der Waals surface area (Å²) in [7, 11) is 0. The average molecular weight is 302 g/mol. The molecule has 0 radical (unpaired) electrons. The van der Waals surface area contributed by atoms with Crippen LogP contribution in [-0.2, 0) is 15.3 Å². The Kier molecular flexibility index (Phi) is 2.15. The molecule has 1 spiro atoms. The van der Waals surface area contributed by atoms with Gasteiger partial charge in [-0.2, -0.15) is 0 Å². The molecule has 0 amide bonds. The fourth-order valence-corrected chi connectivity index (χ4v) is 3.49. The van der Waals surface area contributed by atoms with Gasteiger partial charge in [-0.15, -0.1) is 0 Å². The van der Waals surface area contributed by atoms with Crippen molar-refractivity contribution in [2.75, 3.05) is 0 Å². The smallest absolute Gasteiger partial charge is 0.342 e. The lowest BCUT2D eigenvalue weighted by molar-refractivity contribution is -0.138. The Bertz CT molecular complexity index is 1020. The van der Waals surface area contributed by atoms with Crippen LogP contribution in [0, 0.1) is 0 Å². The molecule has 2 aliphatic rings. The third-order valence-corrected chi connectivity index (χ3v) is 4.45. The second-order valence-electron chi connectivity index (χ2n) is 5.65. The summed E-state index contributed by atoms with van der Waals surface area (Å²) in [6, 6.07) is 18.1. The highest BCUT2D eigenvalue weighted by molar-refractivity contribution is 6.09. The molecular formula is C19H10O4. The molecular weight excluding hydrogens is 292 g/mol. The zero-order valence-corrected chi connectivity index (χ0v) is 11.9. The Hall–Kier alpha value is -3.14. The van der Waals surface area contributed by atoms with Gasteiger partial charge in [0.2, 0.25) is 0 Å². The van der Waals surface area contributed by atoms with Gasteiger partial charge < -0.3 is 9.47 Å². The molecule has 3 aromatic carbocycles. The number of ether oxygens (including phenoxy) is 2. The zero-order chi connectivity index (χ0) is 15.6. The van der Waals surface area contributed by atoms with Crippen LogP contribution in [0.3, 0.4) is 0 Å². The molecule has 2 heterocycles. The molecule has 0 saturated carbocycles. The highest BCUT2D eigenvalue weighted by Gasteiger charge is 2.53. The molecule has 4 heteroatoms. The monoisotopic (exact) mass is 302 g/mol. The van der Waals surface area contributed by atoms with Gasteiger partial charge in [0.05, 0.1) is 22.3 Å². The standard InChI is InChI=1S/C19H10O4/c20-17-12-7-1-2-9-14(12)19(22-17)15-10-4-6-11-5-3-8-13(16(11)15)18(21)23-19/h1-10H/t19-/m1/s1. The first kappa shape index (κ1) is 12.4. The number of esters is 2. The van der Waals surface area contributed by atoms with Crippen LogP contribution in [0.15, 0.2) is 60.7 Å². The van der Waals surface area contributed by atoms with Gasteiger partial charge in [0.25, 0.3) is 0 Å². The van der Waals surface area contributed by atoms with Crippen molar-refractivity contribution >= 4 is 22.7 Å². The van der Waals surface area contributed by atoms with Gasteiger partial charge in [-0.25, -0.2) is 9.59 Å². The van der Waals surface area contributed by atoms with Gasteiger partial charge >= 0.3 is 17.7 Å². The minimum absolute atomic E-state index is 0.427. The Morgan fingerprint density at radius 3 is 2.09 bits per heavy atom. The van der Waals surface area contributed by atoms with Crippen molar-refractivity contribution in [1.82, 2.24) is 0 Å². The molecule has 3 aromatic rings. The summed E-state index contributed by atoms with van der Waals surface area (Å²) < 4.78 is 11.3. The van der Waals surface area contributed by atoms with Gasteiger partial charge in [-0.05, 0) is 23.6 Å². The fourth-order valence-electron chi connectivity index (χ4n) is 3.49. The van der Waals surface area contributed by atoms with Crippen LogP contribution in [0.4, 0.5) is 0 Å². The van der Waals surface area contributed by atoms with Crippen LogP contribution in [-0.4, -0.2) is 11.9 Å². The van der Waals surface area contributed by atoms with E-state index >= 15 is 0 Å². The van der Waals surface area contributed by atoms with Crippen molar-refractivity contribution in [2.45, 2.75) is 5.79 Å². The number of carbonyl (C=O) groups is 2. The van der Waals surface area contributed by atoms with Crippen LogP contribution in [0.2, 0.25) is 0 Å². The number of benzene rings is 3. The maximum atomic E-state index is 12.5. The third kappa shape index (κ3) is 1.40. The first-order valence-corrected chi connectivity index (χ1v) is 7.29. The summed E-state index contributed by atoms with van der Waals surface area (Å²) in [5.41, 5.74) is 2.17. The van der Waals surface area contributed by atoms with Crippen LogP contribution in [0.5, 0.6) is 0 Å². The highest BCUT2D eigenvalue weighted by atomic mass is 16.7. The Labute approximate surface area is 131 Å². The molecule has 23 heavy (non-hydrogen) atoms. The fraction of sp³-hybridized carbons (Fsp3) is 0.0526. The minimum Gasteiger partial charge on any atom is -0.410 e.